The van der Waals surface area contributed by atoms with Crippen molar-refractivity contribution in [2.45, 2.75) is 30.3 Å². The highest BCUT2D eigenvalue weighted by Crippen LogP contribution is 2.58. The molecule has 0 spiro atoms. The summed E-state index contributed by atoms with van der Waals surface area (Å²) in [4.78, 5) is 0. The third kappa shape index (κ3) is 3.07. The van der Waals surface area contributed by atoms with Gasteiger partial charge in [-0.2, -0.15) is 0 Å². The molecule has 1 aliphatic heterocycles. The number of rotatable bonds is 4. The fourth-order valence-electron chi connectivity index (χ4n) is 4.06. The number of allylic oxidation sites excluding steroid dienone is 1. The lowest BCUT2D eigenvalue weighted by Gasteiger charge is -2.44. The lowest BCUT2D eigenvalue weighted by atomic mass is 9.71. The Kier molecular flexibility index (Phi) is 5.05. The second-order valence-corrected chi connectivity index (χ2v) is 11.0. The van der Waals surface area contributed by atoms with Crippen LogP contribution in [0.4, 0.5) is 0 Å². The Morgan fingerprint density at radius 2 is 1.71 bits per heavy atom. The van der Waals surface area contributed by atoms with Crippen LogP contribution in [-0.2, 0) is 0 Å². The van der Waals surface area contributed by atoms with Crippen LogP contribution in [0, 0.1) is 0 Å². The Labute approximate surface area is 153 Å². The zero-order valence-corrected chi connectivity index (χ0v) is 16.0. The normalized spacial score (nSPS) is 27.0. The van der Waals surface area contributed by atoms with E-state index < -0.39 is 0 Å². The second kappa shape index (κ2) is 7.41. The molecule has 0 nitrogen and oxygen atoms in total. The predicted molar refractivity (Wildman–Crippen MR) is 112 cm³/mol. The van der Waals surface area contributed by atoms with Crippen LogP contribution in [0.1, 0.15) is 36.8 Å². The highest BCUT2D eigenvalue weighted by molar-refractivity contribution is 8.28. The van der Waals surface area contributed by atoms with Crippen molar-refractivity contribution in [2.75, 3.05) is 17.3 Å². The van der Waals surface area contributed by atoms with Crippen molar-refractivity contribution in [3.05, 3.63) is 77.4 Å². The molecule has 0 aromatic heterocycles. The minimum Gasteiger partial charge on any atom is -0.238 e. The largest absolute Gasteiger partial charge is 0.238 e. The molecule has 0 N–H and O–H groups in total. The van der Waals surface area contributed by atoms with Gasteiger partial charge in [0.15, 0.2) is 0 Å². The van der Waals surface area contributed by atoms with Gasteiger partial charge in [0, 0.05) is 5.92 Å². The molecule has 1 saturated heterocycles. The van der Waals surface area contributed by atoms with E-state index in [1.807, 2.05) is 0 Å². The van der Waals surface area contributed by atoms with Gasteiger partial charge in [0.1, 0.15) is 0 Å². The van der Waals surface area contributed by atoms with Crippen molar-refractivity contribution in [1.82, 2.24) is 0 Å². The van der Waals surface area contributed by atoms with Crippen LogP contribution in [0.2, 0.25) is 0 Å². The molecule has 126 valence electrons. The van der Waals surface area contributed by atoms with E-state index in [-0.39, 0.29) is 10.9 Å². The van der Waals surface area contributed by atoms with Gasteiger partial charge in [0.25, 0.3) is 0 Å². The zero-order valence-electron chi connectivity index (χ0n) is 14.3. The first-order chi connectivity index (χ1) is 11.9. The summed E-state index contributed by atoms with van der Waals surface area (Å²) < 4.78 is 0.814. The predicted octanol–water partition coefficient (Wildman–Crippen LogP) is 6.11. The van der Waals surface area contributed by atoms with Gasteiger partial charge in [-0.1, -0.05) is 67.6 Å². The average Bonchev–Trinajstić information content (AvgIpc) is 2.63. The Morgan fingerprint density at radius 3 is 2.42 bits per heavy atom. The van der Waals surface area contributed by atoms with Crippen molar-refractivity contribution >= 4 is 28.2 Å². The Balaban J connectivity index is 1.74. The molecule has 1 fully saturated rings. The summed E-state index contributed by atoms with van der Waals surface area (Å²) in [7, 11) is 0.173. The highest BCUT2D eigenvalue weighted by Gasteiger charge is 2.38. The Hall–Kier alpha value is -1.12. The molecule has 2 aromatic rings. The molecule has 2 aromatic carbocycles. The van der Waals surface area contributed by atoms with Crippen LogP contribution in [0.5, 0.6) is 0 Å². The van der Waals surface area contributed by atoms with E-state index in [9.17, 15) is 0 Å². The minimum absolute atomic E-state index is 0.173. The van der Waals surface area contributed by atoms with Gasteiger partial charge in [-0.25, -0.2) is 10.9 Å². The fourth-order valence-corrected chi connectivity index (χ4v) is 9.29. The highest BCUT2D eigenvalue weighted by atomic mass is 32.2. The van der Waals surface area contributed by atoms with Crippen molar-refractivity contribution < 1.29 is 0 Å². The Bertz CT molecular complexity index is 705. The standard InChI is InChI=1S/C22H26S2/c1-2-24-15-9-14-23-22(24)20-16-19(17-10-5-3-6-11-17)21(20)18-12-7-4-8-13-18/h3-8,10-13,19,22,24H,2,9,14-16H2,1H3/t19?,22-/m1/s1. The van der Waals surface area contributed by atoms with Crippen LogP contribution in [0.25, 0.3) is 5.57 Å². The van der Waals surface area contributed by atoms with Crippen LogP contribution in [0.3, 0.4) is 0 Å². The van der Waals surface area contributed by atoms with E-state index in [4.69, 9.17) is 0 Å². The lowest BCUT2D eigenvalue weighted by Crippen LogP contribution is -2.27. The molecule has 0 bridgehead atoms. The van der Waals surface area contributed by atoms with Crippen molar-refractivity contribution in [3.63, 3.8) is 0 Å². The number of thioether (sulfide) groups is 1. The van der Waals surface area contributed by atoms with E-state index in [2.05, 4.69) is 79.3 Å². The van der Waals surface area contributed by atoms with Gasteiger partial charge in [0.2, 0.25) is 0 Å². The average molecular weight is 355 g/mol. The number of benzene rings is 2. The van der Waals surface area contributed by atoms with Crippen LogP contribution in [-0.4, -0.2) is 21.8 Å². The molecular formula is C22H26S2. The van der Waals surface area contributed by atoms with Crippen LogP contribution < -0.4 is 0 Å². The monoisotopic (exact) mass is 354 g/mol. The fraction of sp³-hybridized carbons (Fsp3) is 0.364. The summed E-state index contributed by atoms with van der Waals surface area (Å²) in [5, 5.41) is 0. The number of thiol groups is 1. The van der Waals surface area contributed by atoms with Gasteiger partial charge in [-0.15, -0.1) is 11.8 Å². The van der Waals surface area contributed by atoms with E-state index in [1.54, 1.807) is 11.1 Å². The first-order valence-corrected chi connectivity index (χ1v) is 11.9. The quantitative estimate of drug-likeness (QED) is 0.646. The molecule has 0 radical (unpaired) electrons. The molecule has 2 aliphatic rings. The summed E-state index contributed by atoms with van der Waals surface area (Å²) in [5.41, 5.74) is 6.35. The molecule has 0 saturated carbocycles. The van der Waals surface area contributed by atoms with E-state index in [0.29, 0.717) is 5.92 Å². The van der Waals surface area contributed by atoms with Gasteiger partial charge in [-0.3, -0.25) is 0 Å². The molecule has 1 unspecified atom stereocenters. The maximum absolute atomic E-state index is 2.40. The van der Waals surface area contributed by atoms with Gasteiger partial charge in [-0.05, 0) is 52.4 Å². The molecule has 24 heavy (non-hydrogen) atoms. The molecule has 3 atom stereocenters. The molecule has 2 heteroatoms. The maximum Gasteiger partial charge on any atom is 0.0542 e. The van der Waals surface area contributed by atoms with Gasteiger partial charge >= 0.3 is 0 Å². The third-order valence-corrected chi connectivity index (χ3v) is 10.5. The van der Waals surface area contributed by atoms with Crippen LogP contribution in [0.15, 0.2) is 66.2 Å². The van der Waals surface area contributed by atoms with Crippen molar-refractivity contribution in [3.8, 4) is 0 Å². The van der Waals surface area contributed by atoms with Crippen LogP contribution >= 0.6 is 22.7 Å². The summed E-state index contributed by atoms with van der Waals surface area (Å²) >= 11 is 2.25. The smallest absolute Gasteiger partial charge is 0.0542 e. The first kappa shape index (κ1) is 16.4. The maximum atomic E-state index is 2.40. The summed E-state index contributed by atoms with van der Waals surface area (Å²) in [6.45, 7) is 2.40. The lowest BCUT2D eigenvalue weighted by molar-refractivity contribution is 0.760. The topological polar surface area (TPSA) is 0 Å². The third-order valence-electron chi connectivity index (χ3n) is 5.31. The number of hydrogen-bond acceptors (Lipinski definition) is 1. The summed E-state index contributed by atoms with van der Waals surface area (Å²) in [6.07, 6.45) is 2.70. The van der Waals surface area contributed by atoms with E-state index in [1.165, 1.54) is 41.2 Å². The molecule has 4 rings (SSSR count). The molecule has 0 amide bonds. The van der Waals surface area contributed by atoms with Crippen molar-refractivity contribution in [2.24, 2.45) is 0 Å². The number of hydrogen-bond donors (Lipinski definition) is 1. The van der Waals surface area contributed by atoms with Crippen molar-refractivity contribution in [1.29, 1.82) is 0 Å². The van der Waals surface area contributed by atoms with E-state index >= 15 is 0 Å². The summed E-state index contributed by atoms with van der Waals surface area (Å²) in [6, 6.07) is 22.2. The first-order valence-electron chi connectivity index (χ1n) is 9.07. The van der Waals surface area contributed by atoms with Gasteiger partial charge < -0.3 is 0 Å². The van der Waals surface area contributed by atoms with Gasteiger partial charge in [0.05, 0.1) is 4.58 Å². The Morgan fingerprint density at radius 1 is 1.00 bits per heavy atom. The molecule has 1 aliphatic carbocycles. The molecular weight excluding hydrogens is 328 g/mol. The zero-order chi connectivity index (χ0) is 16.4. The summed E-state index contributed by atoms with van der Waals surface area (Å²) in [5.74, 6) is 4.81. The SMILES string of the molecule is CC[S@@H]1CCCS[C@H]1C1=C(c2ccccc2)C(c2ccccc2)C1. The van der Waals surface area contributed by atoms with E-state index in [0.717, 1.165) is 4.58 Å². The second-order valence-electron chi connectivity index (χ2n) is 6.68. The minimum atomic E-state index is 0.173. The molecule has 1 heterocycles.